The Morgan fingerprint density at radius 2 is 2.11 bits per heavy atom. The van der Waals surface area contributed by atoms with Crippen LogP contribution in [0.25, 0.3) is 0 Å². The van der Waals surface area contributed by atoms with Gasteiger partial charge in [-0.1, -0.05) is 13.8 Å². The van der Waals surface area contributed by atoms with E-state index in [2.05, 4.69) is 43.6 Å². The Labute approximate surface area is 110 Å². The molecule has 3 heteroatoms. The van der Waals surface area contributed by atoms with Crippen LogP contribution in [0.4, 0.5) is 0 Å². The fourth-order valence-corrected chi connectivity index (χ4v) is 2.71. The van der Waals surface area contributed by atoms with Gasteiger partial charge in [-0.15, -0.1) is 0 Å². The quantitative estimate of drug-likeness (QED) is 0.822. The fraction of sp³-hybridized carbons (Fsp3) is 0.667. The highest BCUT2D eigenvalue weighted by Crippen LogP contribution is 2.31. The third-order valence-corrected chi connectivity index (χ3v) is 3.70. The third-order valence-electron chi connectivity index (χ3n) is 3.70. The summed E-state index contributed by atoms with van der Waals surface area (Å²) in [7, 11) is 0. The first kappa shape index (κ1) is 13.5. The van der Waals surface area contributed by atoms with E-state index in [1.807, 2.05) is 12.4 Å². The lowest BCUT2D eigenvalue weighted by Gasteiger charge is -2.39. The van der Waals surface area contributed by atoms with Crippen LogP contribution >= 0.6 is 0 Å². The zero-order valence-corrected chi connectivity index (χ0v) is 11.9. The van der Waals surface area contributed by atoms with Crippen molar-refractivity contribution in [2.75, 3.05) is 19.8 Å². The molecule has 0 aliphatic carbocycles. The van der Waals surface area contributed by atoms with E-state index in [-0.39, 0.29) is 0 Å². The zero-order valence-electron chi connectivity index (χ0n) is 11.9. The number of rotatable bonds is 3. The Morgan fingerprint density at radius 1 is 1.33 bits per heavy atom. The van der Waals surface area contributed by atoms with Crippen molar-refractivity contribution < 1.29 is 4.74 Å². The summed E-state index contributed by atoms with van der Waals surface area (Å²) in [5, 5.41) is 0. The van der Waals surface area contributed by atoms with Crippen LogP contribution in [-0.2, 0) is 4.74 Å². The highest BCUT2D eigenvalue weighted by molar-refractivity contribution is 5.30. The second-order valence-electron chi connectivity index (χ2n) is 5.58. The summed E-state index contributed by atoms with van der Waals surface area (Å²) in [6.07, 6.45) is 3.90. The molecule has 0 N–H and O–H groups in total. The van der Waals surface area contributed by atoms with Crippen LogP contribution in [0.5, 0.6) is 0 Å². The molecule has 18 heavy (non-hydrogen) atoms. The van der Waals surface area contributed by atoms with Crippen LogP contribution in [0, 0.1) is 0 Å². The van der Waals surface area contributed by atoms with E-state index in [1.54, 1.807) is 0 Å². The van der Waals surface area contributed by atoms with Gasteiger partial charge in [0.25, 0.3) is 0 Å². The summed E-state index contributed by atoms with van der Waals surface area (Å²) in [6, 6.07) is 3.08. The van der Waals surface area contributed by atoms with E-state index < -0.39 is 0 Å². The van der Waals surface area contributed by atoms with Crippen molar-refractivity contribution in [2.24, 2.45) is 0 Å². The summed E-state index contributed by atoms with van der Waals surface area (Å²) in [5.41, 5.74) is 2.73. The molecule has 1 unspecified atom stereocenters. The first-order valence-electron chi connectivity index (χ1n) is 6.88. The Bertz CT molecular complexity index is 390. The summed E-state index contributed by atoms with van der Waals surface area (Å²) in [5.74, 6) is 0.504. The lowest BCUT2D eigenvalue weighted by molar-refractivity contribution is -0.0237. The van der Waals surface area contributed by atoms with Crippen molar-refractivity contribution in [1.29, 1.82) is 0 Å². The second kappa shape index (κ2) is 5.81. The normalized spacial score (nSPS) is 21.8. The maximum atomic E-state index is 5.69. The van der Waals surface area contributed by atoms with Gasteiger partial charge in [0.1, 0.15) is 0 Å². The fourth-order valence-electron chi connectivity index (χ4n) is 2.71. The average Bonchev–Trinajstić information content (AvgIpc) is 2.38. The first-order valence-corrected chi connectivity index (χ1v) is 6.88. The van der Waals surface area contributed by atoms with Gasteiger partial charge in [-0.25, -0.2) is 0 Å². The molecule has 1 saturated heterocycles. The number of morpholine rings is 1. The highest BCUT2D eigenvalue weighted by atomic mass is 16.5. The molecule has 2 heterocycles. The van der Waals surface area contributed by atoms with Crippen molar-refractivity contribution >= 4 is 0 Å². The predicted octanol–water partition coefficient (Wildman–Crippen LogP) is 2.99. The largest absolute Gasteiger partial charge is 0.378 e. The molecule has 1 aromatic rings. The molecule has 1 fully saturated rings. The molecule has 3 nitrogen and oxygen atoms in total. The van der Waals surface area contributed by atoms with Gasteiger partial charge in [-0.2, -0.15) is 0 Å². The van der Waals surface area contributed by atoms with Gasteiger partial charge in [0.2, 0.25) is 0 Å². The van der Waals surface area contributed by atoms with Crippen LogP contribution in [-0.4, -0.2) is 35.7 Å². The first-order chi connectivity index (χ1) is 8.61. The van der Waals surface area contributed by atoms with Gasteiger partial charge >= 0.3 is 0 Å². The summed E-state index contributed by atoms with van der Waals surface area (Å²) in [4.78, 5) is 6.80. The van der Waals surface area contributed by atoms with Gasteiger partial charge in [-0.05, 0) is 37.0 Å². The van der Waals surface area contributed by atoms with Gasteiger partial charge in [0.05, 0.1) is 19.3 Å². The summed E-state index contributed by atoms with van der Waals surface area (Å²) in [6.45, 7) is 11.6. The molecule has 1 aliphatic heterocycles. The van der Waals surface area contributed by atoms with Crippen LogP contribution in [0.15, 0.2) is 18.5 Å². The molecule has 1 atom stereocenters. The molecule has 1 aliphatic rings. The molecule has 0 bridgehead atoms. The Morgan fingerprint density at radius 3 is 2.78 bits per heavy atom. The van der Waals surface area contributed by atoms with E-state index in [0.717, 1.165) is 19.8 Å². The molecule has 0 amide bonds. The Kier molecular flexibility index (Phi) is 4.36. The van der Waals surface area contributed by atoms with Crippen molar-refractivity contribution in [1.82, 2.24) is 9.88 Å². The maximum Gasteiger partial charge on any atom is 0.0664 e. The SMILES string of the molecule is CC(C)c1cnccc1C1COCCN1C(C)C. The Balaban J connectivity index is 2.33. The van der Waals surface area contributed by atoms with Gasteiger partial charge in [-0.3, -0.25) is 9.88 Å². The smallest absolute Gasteiger partial charge is 0.0664 e. The van der Waals surface area contributed by atoms with Crippen molar-refractivity contribution in [3.63, 3.8) is 0 Å². The standard InChI is InChI=1S/C15H24N2O/c1-11(2)14-9-16-6-5-13(14)15-10-18-8-7-17(15)12(3)4/h5-6,9,11-12,15H,7-8,10H2,1-4H3. The molecule has 2 rings (SSSR count). The van der Waals surface area contributed by atoms with Gasteiger partial charge in [0, 0.05) is 25.0 Å². The van der Waals surface area contributed by atoms with Crippen LogP contribution in [0.3, 0.4) is 0 Å². The highest BCUT2D eigenvalue weighted by Gasteiger charge is 2.28. The minimum absolute atomic E-state index is 0.374. The predicted molar refractivity (Wildman–Crippen MR) is 73.7 cm³/mol. The van der Waals surface area contributed by atoms with Crippen LogP contribution in [0.2, 0.25) is 0 Å². The van der Waals surface area contributed by atoms with Crippen molar-refractivity contribution in [2.45, 2.75) is 45.7 Å². The lowest BCUT2D eigenvalue weighted by Crippen LogP contribution is -2.43. The van der Waals surface area contributed by atoms with Crippen LogP contribution < -0.4 is 0 Å². The minimum Gasteiger partial charge on any atom is -0.378 e. The molecular formula is C15H24N2O. The number of aromatic nitrogens is 1. The van der Waals surface area contributed by atoms with E-state index >= 15 is 0 Å². The molecule has 0 spiro atoms. The number of hydrogen-bond donors (Lipinski definition) is 0. The molecule has 100 valence electrons. The average molecular weight is 248 g/mol. The second-order valence-corrected chi connectivity index (χ2v) is 5.58. The van der Waals surface area contributed by atoms with Crippen molar-refractivity contribution in [3.05, 3.63) is 29.6 Å². The van der Waals surface area contributed by atoms with E-state index in [0.29, 0.717) is 18.0 Å². The van der Waals surface area contributed by atoms with E-state index in [4.69, 9.17) is 4.74 Å². The van der Waals surface area contributed by atoms with Gasteiger partial charge in [0.15, 0.2) is 0 Å². The molecular weight excluding hydrogens is 224 g/mol. The number of ether oxygens (including phenoxy) is 1. The van der Waals surface area contributed by atoms with Crippen molar-refractivity contribution in [3.8, 4) is 0 Å². The third kappa shape index (κ3) is 2.73. The van der Waals surface area contributed by atoms with E-state index in [9.17, 15) is 0 Å². The summed E-state index contributed by atoms with van der Waals surface area (Å²) < 4.78 is 5.69. The number of hydrogen-bond acceptors (Lipinski definition) is 3. The zero-order chi connectivity index (χ0) is 13.1. The Hall–Kier alpha value is -0.930. The maximum absolute atomic E-state index is 5.69. The summed E-state index contributed by atoms with van der Waals surface area (Å²) >= 11 is 0. The van der Waals surface area contributed by atoms with Gasteiger partial charge < -0.3 is 4.74 Å². The lowest BCUT2D eigenvalue weighted by atomic mass is 9.93. The minimum atomic E-state index is 0.374. The topological polar surface area (TPSA) is 25.4 Å². The monoisotopic (exact) mass is 248 g/mol. The molecule has 1 aromatic heterocycles. The number of pyridine rings is 1. The van der Waals surface area contributed by atoms with Crippen LogP contribution in [0.1, 0.15) is 50.8 Å². The molecule has 0 aromatic carbocycles. The van der Waals surface area contributed by atoms with E-state index in [1.165, 1.54) is 11.1 Å². The number of nitrogens with zero attached hydrogens (tertiary/aromatic N) is 2. The molecule has 0 saturated carbocycles. The molecule has 0 radical (unpaired) electrons.